The monoisotopic (exact) mass is 281 g/mol. The minimum Gasteiger partial charge on any atom is -0.392 e. The topological polar surface area (TPSA) is 49.3 Å². The van der Waals surface area contributed by atoms with Crippen molar-refractivity contribution in [3.8, 4) is 0 Å². The molecule has 0 aliphatic heterocycles. The number of nitrogens with one attached hydrogen (secondary N) is 1. The van der Waals surface area contributed by atoms with Gasteiger partial charge in [0.1, 0.15) is 0 Å². The van der Waals surface area contributed by atoms with E-state index in [2.05, 4.69) is 12.2 Å². The molecular formula is C15H23NO2S. The normalized spacial score (nSPS) is 12.2. The molecule has 0 aliphatic carbocycles. The van der Waals surface area contributed by atoms with Gasteiger partial charge >= 0.3 is 0 Å². The van der Waals surface area contributed by atoms with Crippen LogP contribution in [0.4, 0.5) is 0 Å². The second kappa shape index (κ2) is 8.99. The number of hydrogen-bond donors (Lipinski definition) is 2. The van der Waals surface area contributed by atoms with Crippen LogP contribution in [0.1, 0.15) is 38.7 Å². The molecule has 4 heteroatoms. The summed E-state index contributed by atoms with van der Waals surface area (Å²) in [4.78, 5) is 12.9. The molecule has 3 nitrogen and oxygen atoms in total. The van der Waals surface area contributed by atoms with Gasteiger partial charge in [-0.25, -0.2) is 0 Å². The smallest absolute Gasteiger partial charge is 0.233 e. The summed E-state index contributed by atoms with van der Waals surface area (Å²) in [6, 6.07) is 7.66. The third-order valence-electron chi connectivity index (χ3n) is 2.84. The molecule has 0 saturated carbocycles. The number of carbonyl (C=O) groups is 1. The minimum atomic E-state index is -0.115. The number of amides is 1. The van der Waals surface area contributed by atoms with Crippen molar-refractivity contribution >= 4 is 17.7 Å². The molecule has 0 aromatic heterocycles. The van der Waals surface area contributed by atoms with Crippen LogP contribution < -0.4 is 5.32 Å². The summed E-state index contributed by atoms with van der Waals surface area (Å²) < 4.78 is 0. The second-order valence-electron chi connectivity index (χ2n) is 4.56. The molecule has 2 N–H and O–H groups in total. The summed E-state index contributed by atoms with van der Waals surface area (Å²) in [7, 11) is 0. The Balaban J connectivity index is 2.40. The van der Waals surface area contributed by atoms with Crippen LogP contribution in [0.5, 0.6) is 0 Å². The van der Waals surface area contributed by atoms with Crippen LogP contribution in [0.15, 0.2) is 29.2 Å². The van der Waals surface area contributed by atoms with E-state index in [9.17, 15) is 4.79 Å². The van der Waals surface area contributed by atoms with Crippen LogP contribution in [-0.2, 0) is 11.4 Å². The number of thioether (sulfide) groups is 1. The van der Waals surface area contributed by atoms with E-state index in [1.165, 1.54) is 11.8 Å². The van der Waals surface area contributed by atoms with Crippen LogP contribution in [-0.4, -0.2) is 22.8 Å². The lowest BCUT2D eigenvalue weighted by Gasteiger charge is -2.12. The van der Waals surface area contributed by atoms with Crippen LogP contribution >= 0.6 is 11.8 Å². The molecule has 0 bridgehead atoms. The number of rotatable bonds is 8. The second-order valence-corrected chi connectivity index (χ2v) is 5.98. The van der Waals surface area contributed by atoms with E-state index in [4.69, 9.17) is 5.11 Å². The zero-order chi connectivity index (χ0) is 14.1. The SMILES string of the molecule is CCCCCNC(=O)C(C)Sc1cccc(CO)c1. The summed E-state index contributed by atoms with van der Waals surface area (Å²) in [5, 5.41) is 11.9. The zero-order valence-corrected chi connectivity index (χ0v) is 12.5. The minimum absolute atomic E-state index is 0.0337. The summed E-state index contributed by atoms with van der Waals surface area (Å²) >= 11 is 1.52. The Bertz CT molecular complexity index is 395. The van der Waals surface area contributed by atoms with E-state index in [1.807, 2.05) is 31.2 Å². The largest absolute Gasteiger partial charge is 0.392 e. The van der Waals surface area contributed by atoms with E-state index in [1.54, 1.807) is 0 Å². The van der Waals surface area contributed by atoms with Gasteiger partial charge < -0.3 is 10.4 Å². The molecular weight excluding hydrogens is 258 g/mol. The van der Waals surface area contributed by atoms with E-state index in [0.29, 0.717) is 0 Å². The summed E-state index contributed by atoms with van der Waals surface area (Å²) in [6.07, 6.45) is 3.36. The van der Waals surface area contributed by atoms with Crippen LogP contribution in [0.3, 0.4) is 0 Å². The van der Waals surface area contributed by atoms with Gasteiger partial charge in [-0.1, -0.05) is 31.9 Å². The summed E-state index contributed by atoms with van der Waals surface area (Å²) in [5.74, 6) is 0.0792. The lowest BCUT2D eigenvalue weighted by molar-refractivity contribution is -0.120. The molecule has 0 radical (unpaired) electrons. The predicted molar refractivity (Wildman–Crippen MR) is 80.2 cm³/mol. The molecule has 1 amide bonds. The third kappa shape index (κ3) is 6.12. The van der Waals surface area contributed by atoms with Crippen molar-refractivity contribution in [3.63, 3.8) is 0 Å². The number of carbonyl (C=O) groups excluding carboxylic acids is 1. The summed E-state index contributed by atoms with van der Waals surface area (Å²) in [5.41, 5.74) is 0.876. The maximum absolute atomic E-state index is 11.9. The molecule has 0 fully saturated rings. The fourth-order valence-electron chi connectivity index (χ4n) is 1.71. The first-order valence-corrected chi connectivity index (χ1v) is 7.69. The average molecular weight is 281 g/mol. The number of benzene rings is 1. The Hall–Kier alpha value is -1.00. The van der Waals surface area contributed by atoms with E-state index in [0.717, 1.165) is 36.3 Å². The van der Waals surface area contributed by atoms with Gasteiger partial charge in [0.15, 0.2) is 0 Å². The number of aliphatic hydroxyl groups is 1. The van der Waals surface area contributed by atoms with Gasteiger partial charge in [0.25, 0.3) is 0 Å². The highest BCUT2D eigenvalue weighted by atomic mass is 32.2. The Kier molecular flexibility index (Phi) is 7.60. The first-order valence-electron chi connectivity index (χ1n) is 6.81. The van der Waals surface area contributed by atoms with E-state index < -0.39 is 0 Å². The molecule has 1 atom stereocenters. The lowest BCUT2D eigenvalue weighted by Crippen LogP contribution is -2.31. The van der Waals surface area contributed by atoms with Crippen LogP contribution in [0.2, 0.25) is 0 Å². The van der Waals surface area contributed by atoms with Gasteiger partial charge in [-0.2, -0.15) is 0 Å². The third-order valence-corrected chi connectivity index (χ3v) is 3.94. The average Bonchev–Trinajstić information content (AvgIpc) is 2.43. The number of unbranched alkanes of at least 4 members (excludes halogenated alkanes) is 2. The van der Waals surface area contributed by atoms with Crippen molar-refractivity contribution in [2.24, 2.45) is 0 Å². The van der Waals surface area contributed by atoms with Crippen molar-refractivity contribution in [3.05, 3.63) is 29.8 Å². The maximum atomic E-state index is 11.9. The van der Waals surface area contributed by atoms with Crippen molar-refractivity contribution < 1.29 is 9.90 Å². The first-order chi connectivity index (χ1) is 9.17. The Labute approximate surface area is 119 Å². The fraction of sp³-hybridized carbons (Fsp3) is 0.533. The number of hydrogen-bond acceptors (Lipinski definition) is 3. The van der Waals surface area contributed by atoms with Crippen LogP contribution in [0.25, 0.3) is 0 Å². The van der Waals surface area contributed by atoms with Gasteiger partial charge in [-0.15, -0.1) is 11.8 Å². The van der Waals surface area contributed by atoms with Gasteiger partial charge in [-0.3, -0.25) is 4.79 Å². The molecule has 0 saturated heterocycles. The van der Waals surface area contributed by atoms with Gasteiger partial charge in [-0.05, 0) is 31.0 Å². The molecule has 0 spiro atoms. The zero-order valence-electron chi connectivity index (χ0n) is 11.7. The Morgan fingerprint density at radius 3 is 2.89 bits per heavy atom. The highest BCUT2D eigenvalue weighted by Crippen LogP contribution is 2.24. The molecule has 0 heterocycles. The maximum Gasteiger partial charge on any atom is 0.233 e. The predicted octanol–water partition coefficient (Wildman–Crippen LogP) is 2.97. The quantitative estimate of drug-likeness (QED) is 0.569. The van der Waals surface area contributed by atoms with Crippen molar-refractivity contribution in [2.45, 2.75) is 49.9 Å². The Morgan fingerprint density at radius 1 is 1.42 bits per heavy atom. The number of aliphatic hydroxyl groups excluding tert-OH is 1. The molecule has 19 heavy (non-hydrogen) atoms. The van der Waals surface area contributed by atoms with Gasteiger partial charge in [0.05, 0.1) is 11.9 Å². The molecule has 1 aromatic rings. The molecule has 1 rings (SSSR count). The summed E-state index contributed by atoms with van der Waals surface area (Å²) in [6.45, 7) is 4.85. The standard InChI is InChI=1S/C15H23NO2S/c1-3-4-5-9-16-15(18)12(2)19-14-8-6-7-13(10-14)11-17/h6-8,10,12,17H,3-5,9,11H2,1-2H3,(H,16,18). The van der Waals surface area contributed by atoms with Crippen molar-refractivity contribution in [2.75, 3.05) is 6.54 Å². The Morgan fingerprint density at radius 2 is 2.21 bits per heavy atom. The van der Waals surface area contributed by atoms with Crippen molar-refractivity contribution in [1.82, 2.24) is 5.32 Å². The molecule has 1 unspecified atom stereocenters. The lowest BCUT2D eigenvalue weighted by atomic mass is 10.2. The molecule has 106 valence electrons. The van der Waals surface area contributed by atoms with E-state index in [-0.39, 0.29) is 17.8 Å². The molecule has 0 aliphatic rings. The van der Waals surface area contributed by atoms with E-state index >= 15 is 0 Å². The van der Waals surface area contributed by atoms with Gasteiger partial charge in [0.2, 0.25) is 5.91 Å². The van der Waals surface area contributed by atoms with Crippen LogP contribution in [0, 0.1) is 0 Å². The molecule has 1 aromatic carbocycles. The highest BCUT2D eigenvalue weighted by Gasteiger charge is 2.13. The highest BCUT2D eigenvalue weighted by molar-refractivity contribution is 8.00. The first kappa shape index (κ1) is 16.1. The van der Waals surface area contributed by atoms with Gasteiger partial charge in [0, 0.05) is 11.4 Å². The van der Waals surface area contributed by atoms with Crippen molar-refractivity contribution in [1.29, 1.82) is 0 Å². The fourth-order valence-corrected chi connectivity index (χ4v) is 2.68.